The Morgan fingerprint density at radius 2 is 1.85 bits per heavy atom. The molecule has 0 radical (unpaired) electrons. The third kappa shape index (κ3) is 3.59. The van der Waals surface area contributed by atoms with Crippen molar-refractivity contribution in [2.75, 3.05) is 13.1 Å². The minimum absolute atomic E-state index is 0.0567. The Morgan fingerprint density at radius 3 is 2.44 bits per heavy atom. The zero-order valence-corrected chi connectivity index (χ0v) is 16.0. The van der Waals surface area contributed by atoms with Crippen molar-refractivity contribution >= 4 is 17.1 Å². The second kappa shape index (κ2) is 6.39. The third-order valence-corrected chi connectivity index (χ3v) is 5.33. The van der Waals surface area contributed by atoms with Gasteiger partial charge in [-0.05, 0) is 70.1 Å². The fourth-order valence-corrected chi connectivity index (χ4v) is 3.85. The number of H-pyrrole nitrogens is 1. The first kappa shape index (κ1) is 18.1. The molecule has 6 nitrogen and oxygen atoms in total. The van der Waals surface area contributed by atoms with Crippen LogP contribution in [0.1, 0.15) is 64.0 Å². The van der Waals surface area contributed by atoms with Gasteiger partial charge in [-0.1, -0.05) is 0 Å². The fourth-order valence-electron chi connectivity index (χ4n) is 3.85. The number of halogens is 1. The standard InChI is InChI=1S/C20H26FN3O3/c1-20(2,3)27-19(26)23-8-6-14(7-9-23)24-16-11-13(12-4-5-12)10-15(21)17(16)22-18(24)25/h10-12,14H,4-9H2,1-3H3,(H,22,25). The second-order valence-electron chi connectivity index (χ2n) is 8.67. The summed E-state index contributed by atoms with van der Waals surface area (Å²) in [5, 5.41) is 0. The lowest BCUT2D eigenvalue weighted by molar-refractivity contribution is 0.0189. The number of ether oxygens (including phenoxy) is 1. The van der Waals surface area contributed by atoms with E-state index in [-0.39, 0.29) is 29.2 Å². The molecule has 1 aromatic heterocycles. The second-order valence-corrected chi connectivity index (χ2v) is 8.67. The van der Waals surface area contributed by atoms with Gasteiger partial charge < -0.3 is 14.6 Å². The Morgan fingerprint density at radius 1 is 1.19 bits per heavy atom. The molecule has 1 N–H and O–H groups in total. The summed E-state index contributed by atoms with van der Waals surface area (Å²) in [6, 6.07) is 3.44. The van der Waals surface area contributed by atoms with E-state index in [1.54, 1.807) is 15.5 Å². The first-order valence-electron chi connectivity index (χ1n) is 9.64. The molecule has 1 aliphatic carbocycles. The lowest BCUT2D eigenvalue weighted by atomic mass is 10.0. The van der Waals surface area contributed by atoms with Gasteiger partial charge in [-0.3, -0.25) is 4.57 Å². The molecule has 4 rings (SSSR count). The summed E-state index contributed by atoms with van der Waals surface area (Å²) < 4.78 is 21.6. The molecule has 0 bridgehead atoms. The SMILES string of the molecule is CC(C)(C)OC(=O)N1CCC(n2c(=O)[nH]c3c(F)cc(C4CC4)cc32)CC1. The zero-order chi connectivity index (χ0) is 19.3. The molecule has 2 aromatic rings. The highest BCUT2D eigenvalue weighted by Gasteiger charge is 2.30. The van der Waals surface area contributed by atoms with E-state index in [0.29, 0.717) is 37.4 Å². The summed E-state index contributed by atoms with van der Waals surface area (Å²) in [7, 11) is 0. The quantitative estimate of drug-likeness (QED) is 0.865. The highest BCUT2D eigenvalue weighted by Crippen LogP contribution is 2.41. The number of aromatic amines is 1. The molecule has 1 aromatic carbocycles. The molecular weight excluding hydrogens is 349 g/mol. The summed E-state index contributed by atoms with van der Waals surface area (Å²) in [6.45, 7) is 6.56. The first-order valence-corrected chi connectivity index (χ1v) is 9.64. The van der Waals surface area contributed by atoms with Crippen molar-refractivity contribution in [1.82, 2.24) is 14.5 Å². The van der Waals surface area contributed by atoms with Crippen LogP contribution in [0.15, 0.2) is 16.9 Å². The summed E-state index contributed by atoms with van der Waals surface area (Å²) in [5.74, 6) is 0.0489. The number of likely N-dealkylation sites (tertiary alicyclic amines) is 1. The number of carbonyl (C=O) groups excluding carboxylic acids is 1. The van der Waals surface area contributed by atoms with Gasteiger partial charge in [-0.15, -0.1) is 0 Å². The average Bonchev–Trinajstić information content (AvgIpc) is 3.37. The number of piperidine rings is 1. The van der Waals surface area contributed by atoms with Gasteiger partial charge in [0.2, 0.25) is 0 Å². The number of hydrogen-bond acceptors (Lipinski definition) is 3. The Hall–Kier alpha value is -2.31. The van der Waals surface area contributed by atoms with Crippen molar-refractivity contribution in [2.24, 2.45) is 0 Å². The third-order valence-electron chi connectivity index (χ3n) is 5.33. The van der Waals surface area contributed by atoms with Crippen LogP contribution in [0.4, 0.5) is 9.18 Å². The van der Waals surface area contributed by atoms with Gasteiger partial charge in [0.25, 0.3) is 0 Å². The Bertz CT molecular complexity index is 928. The summed E-state index contributed by atoms with van der Waals surface area (Å²) in [6.07, 6.45) is 3.11. The molecule has 1 saturated carbocycles. The van der Waals surface area contributed by atoms with Crippen LogP contribution in [0, 0.1) is 5.82 Å². The number of amides is 1. The van der Waals surface area contributed by atoms with E-state index in [2.05, 4.69) is 4.98 Å². The first-order chi connectivity index (χ1) is 12.7. The van der Waals surface area contributed by atoms with Crippen molar-refractivity contribution < 1.29 is 13.9 Å². The minimum Gasteiger partial charge on any atom is -0.444 e. The van der Waals surface area contributed by atoms with Crippen molar-refractivity contribution in [3.63, 3.8) is 0 Å². The lowest BCUT2D eigenvalue weighted by Crippen LogP contribution is -2.43. The van der Waals surface area contributed by atoms with Crippen LogP contribution < -0.4 is 5.69 Å². The van der Waals surface area contributed by atoms with Crippen molar-refractivity contribution in [2.45, 2.75) is 64.0 Å². The zero-order valence-electron chi connectivity index (χ0n) is 16.0. The Balaban J connectivity index is 1.56. The van der Waals surface area contributed by atoms with E-state index in [9.17, 15) is 14.0 Å². The van der Waals surface area contributed by atoms with Gasteiger partial charge in [-0.2, -0.15) is 0 Å². The van der Waals surface area contributed by atoms with Crippen LogP contribution >= 0.6 is 0 Å². The van der Waals surface area contributed by atoms with Gasteiger partial charge in [0.15, 0.2) is 0 Å². The minimum atomic E-state index is -0.529. The molecule has 0 atom stereocenters. The number of hydrogen-bond donors (Lipinski definition) is 1. The smallest absolute Gasteiger partial charge is 0.410 e. The van der Waals surface area contributed by atoms with Crippen LogP contribution in [-0.2, 0) is 4.74 Å². The monoisotopic (exact) mass is 375 g/mol. The molecule has 2 heterocycles. The summed E-state index contributed by atoms with van der Waals surface area (Å²) in [4.78, 5) is 29.1. The molecular formula is C20H26FN3O3. The highest BCUT2D eigenvalue weighted by molar-refractivity contribution is 5.77. The van der Waals surface area contributed by atoms with E-state index in [1.807, 2.05) is 26.8 Å². The molecule has 2 fully saturated rings. The number of rotatable bonds is 2. The van der Waals surface area contributed by atoms with Gasteiger partial charge >= 0.3 is 11.8 Å². The number of carbonyl (C=O) groups is 1. The van der Waals surface area contributed by atoms with E-state index >= 15 is 0 Å². The van der Waals surface area contributed by atoms with Crippen LogP contribution in [0.2, 0.25) is 0 Å². The molecule has 1 amide bonds. The fraction of sp³-hybridized carbons (Fsp3) is 0.600. The van der Waals surface area contributed by atoms with Gasteiger partial charge in [-0.25, -0.2) is 14.0 Å². The number of benzene rings is 1. The van der Waals surface area contributed by atoms with Crippen LogP contribution in [0.5, 0.6) is 0 Å². The predicted octanol–water partition coefficient (Wildman–Crippen LogP) is 3.92. The Labute approximate surface area is 157 Å². The van der Waals surface area contributed by atoms with Crippen molar-refractivity contribution in [3.8, 4) is 0 Å². The molecule has 0 spiro atoms. The van der Waals surface area contributed by atoms with Crippen molar-refractivity contribution in [3.05, 3.63) is 34.0 Å². The normalized spacial score (nSPS) is 18.9. The maximum atomic E-state index is 14.5. The molecule has 0 unspecified atom stereocenters. The maximum absolute atomic E-state index is 14.5. The number of nitrogens with zero attached hydrogens (tertiary/aromatic N) is 2. The van der Waals surface area contributed by atoms with Crippen LogP contribution in [0.25, 0.3) is 11.0 Å². The number of imidazole rings is 1. The van der Waals surface area contributed by atoms with Gasteiger partial charge in [0.1, 0.15) is 16.9 Å². The van der Waals surface area contributed by atoms with E-state index < -0.39 is 5.60 Å². The largest absolute Gasteiger partial charge is 0.444 e. The van der Waals surface area contributed by atoms with Crippen LogP contribution in [-0.4, -0.2) is 39.2 Å². The number of aromatic nitrogens is 2. The number of nitrogens with one attached hydrogen (secondary N) is 1. The molecule has 1 saturated heterocycles. The van der Waals surface area contributed by atoms with Gasteiger partial charge in [0.05, 0.1) is 5.52 Å². The van der Waals surface area contributed by atoms with E-state index in [4.69, 9.17) is 4.74 Å². The predicted molar refractivity (Wildman–Crippen MR) is 101 cm³/mol. The lowest BCUT2D eigenvalue weighted by Gasteiger charge is -2.33. The molecule has 7 heteroatoms. The Kier molecular flexibility index (Phi) is 4.28. The molecule has 146 valence electrons. The number of fused-ring (bicyclic) bond motifs is 1. The van der Waals surface area contributed by atoms with Crippen molar-refractivity contribution in [1.29, 1.82) is 0 Å². The maximum Gasteiger partial charge on any atom is 0.410 e. The molecule has 2 aliphatic rings. The van der Waals surface area contributed by atoms with E-state index in [1.165, 1.54) is 0 Å². The summed E-state index contributed by atoms with van der Waals surface area (Å²) >= 11 is 0. The molecule has 1 aliphatic heterocycles. The summed E-state index contributed by atoms with van der Waals surface area (Å²) in [5.41, 5.74) is 1.07. The molecule has 27 heavy (non-hydrogen) atoms. The van der Waals surface area contributed by atoms with Gasteiger partial charge in [0, 0.05) is 19.1 Å². The van der Waals surface area contributed by atoms with Crippen LogP contribution in [0.3, 0.4) is 0 Å². The average molecular weight is 375 g/mol. The highest BCUT2D eigenvalue weighted by atomic mass is 19.1. The topological polar surface area (TPSA) is 67.3 Å². The van der Waals surface area contributed by atoms with E-state index in [0.717, 1.165) is 18.4 Å².